The normalized spacial score (nSPS) is 20.1. The number of ether oxygens (including phenoxy) is 1. The molecule has 32 heavy (non-hydrogen) atoms. The monoisotopic (exact) mass is 441 g/mol. The third-order valence-electron chi connectivity index (χ3n) is 6.36. The van der Waals surface area contributed by atoms with Gasteiger partial charge in [0, 0.05) is 36.2 Å². The summed E-state index contributed by atoms with van der Waals surface area (Å²) in [6, 6.07) is 5.67. The maximum atomic E-state index is 13.1. The second-order valence-corrected chi connectivity index (χ2v) is 8.68. The molecule has 8 heteroatoms. The van der Waals surface area contributed by atoms with Crippen LogP contribution in [0.2, 0.25) is 0 Å². The molecule has 0 unspecified atom stereocenters. The number of hydrogen-bond acceptors (Lipinski definition) is 6. The van der Waals surface area contributed by atoms with E-state index >= 15 is 0 Å². The lowest BCUT2D eigenvalue weighted by molar-refractivity contribution is -0.130. The number of hydrogen-bond donors (Lipinski definition) is 0. The highest BCUT2D eigenvalue weighted by Crippen LogP contribution is 2.24. The molecule has 1 amide bonds. The van der Waals surface area contributed by atoms with Crippen LogP contribution < -0.4 is 0 Å². The van der Waals surface area contributed by atoms with Crippen LogP contribution in [0.25, 0.3) is 0 Å². The van der Waals surface area contributed by atoms with Crippen molar-refractivity contribution in [3.05, 3.63) is 46.9 Å². The second-order valence-electron chi connectivity index (χ2n) is 8.68. The van der Waals surface area contributed by atoms with E-state index in [1.807, 2.05) is 0 Å². The zero-order valence-electron chi connectivity index (χ0n) is 18.3. The van der Waals surface area contributed by atoms with E-state index in [0.717, 1.165) is 11.4 Å². The Balaban J connectivity index is 1.26. The van der Waals surface area contributed by atoms with E-state index in [-0.39, 0.29) is 42.2 Å². The van der Waals surface area contributed by atoms with Gasteiger partial charge in [-0.25, -0.2) is 4.39 Å². The molecular weight excluding hydrogens is 413 g/mol. The Kier molecular flexibility index (Phi) is 6.91. The van der Waals surface area contributed by atoms with Crippen LogP contribution in [-0.2, 0) is 14.3 Å². The van der Waals surface area contributed by atoms with Gasteiger partial charge in [0.1, 0.15) is 5.82 Å². The third kappa shape index (κ3) is 5.19. The van der Waals surface area contributed by atoms with Crippen molar-refractivity contribution in [2.75, 3.05) is 46.4 Å². The lowest BCUT2D eigenvalue weighted by Crippen LogP contribution is -2.44. The fourth-order valence-corrected chi connectivity index (χ4v) is 4.43. The Hall–Kier alpha value is -2.71. The molecule has 1 aromatic rings. The lowest BCUT2D eigenvalue weighted by atomic mass is 9.89. The molecule has 3 heterocycles. The molecule has 1 fully saturated rings. The van der Waals surface area contributed by atoms with Gasteiger partial charge in [0.25, 0.3) is 0 Å². The number of benzene rings is 1. The Morgan fingerprint density at radius 1 is 1.22 bits per heavy atom. The number of ketones is 2. The Labute approximate surface area is 186 Å². The van der Waals surface area contributed by atoms with E-state index in [1.165, 1.54) is 24.3 Å². The van der Waals surface area contributed by atoms with E-state index in [4.69, 9.17) is 4.74 Å². The Morgan fingerprint density at radius 2 is 1.94 bits per heavy atom. The molecule has 3 aliphatic heterocycles. The minimum Gasteiger partial charge on any atom is -0.376 e. The van der Waals surface area contributed by atoms with Gasteiger partial charge >= 0.3 is 0 Å². The molecule has 0 saturated carbocycles. The molecule has 3 aliphatic rings. The van der Waals surface area contributed by atoms with E-state index in [2.05, 4.69) is 9.89 Å². The van der Waals surface area contributed by atoms with E-state index in [0.29, 0.717) is 63.2 Å². The number of halogens is 1. The maximum Gasteiger partial charge on any atom is 0.236 e. The predicted molar refractivity (Wildman–Crippen MR) is 117 cm³/mol. The van der Waals surface area contributed by atoms with Crippen LogP contribution >= 0.6 is 0 Å². The number of Topliss-reactive ketones (excluding diaryl/α,β-unsaturated/α-hetero) is 2. The highest BCUT2D eigenvalue weighted by atomic mass is 19.1. The molecular formula is C24H28FN3O4. The van der Waals surface area contributed by atoms with Crippen molar-refractivity contribution in [1.29, 1.82) is 0 Å². The van der Waals surface area contributed by atoms with Gasteiger partial charge in [0.2, 0.25) is 5.91 Å². The van der Waals surface area contributed by atoms with Crippen molar-refractivity contribution in [1.82, 2.24) is 9.80 Å². The smallest absolute Gasteiger partial charge is 0.236 e. The summed E-state index contributed by atoms with van der Waals surface area (Å²) in [6.07, 6.45) is 2.21. The molecule has 0 bridgehead atoms. The van der Waals surface area contributed by atoms with Crippen LogP contribution in [0.3, 0.4) is 0 Å². The summed E-state index contributed by atoms with van der Waals surface area (Å²) in [4.78, 5) is 46.0. The minimum atomic E-state index is -0.354. The van der Waals surface area contributed by atoms with E-state index in [9.17, 15) is 18.8 Å². The number of carbonyl (C=O) groups is 3. The fourth-order valence-electron chi connectivity index (χ4n) is 4.43. The quantitative estimate of drug-likeness (QED) is 0.633. The van der Waals surface area contributed by atoms with Crippen molar-refractivity contribution in [2.45, 2.75) is 25.7 Å². The first-order valence-electron chi connectivity index (χ1n) is 11.1. The molecule has 0 atom stereocenters. The van der Waals surface area contributed by atoms with E-state index in [1.54, 1.807) is 11.9 Å². The topological polar surface area (TPSA) is 79.3 Å². The first-order valence-corrected chi connectivity index (χ1v) is 11.1. The van der Waals surface area contributed by atoms with Gasteiger partial charge in [-0.15, -0.1) is 0 Å². The van der Waals surface area contributed by atoms with Gasteiger partial charge in [-0.2, -0.15) is 0 Å². The summed E-state index contributed by atoms with van der Waals surface area (Å²) < 4.78 is 18.4. The van der Waals surface area contributed by atoms with E-state index < -0.39 is 0 Å². The largest absolute Gasteiger partial charge is 0.376 e. The number of piperidine rings is 1. The van der Waals surface area contributed by atoms with Crippen molar-refractivity contribution < 1.29 is 23.5 Å². The average molecular weight is 442 g/mol. The van der Waals surface area contributed by atoms with Crippen LogP contribution in [0.4, 0.5) is 4.39 Å². The van der Waals surface area contributed by atoms with Crippen molar-refractivity contribution >= 4 is 23.2 Å². The van der Waals surface area contributed by atoms with Gasteiger partial charge < -0.3 is 9.64 Å². The molecule has 1 saturated heterocycles. The molecule has 1 aromatic carbocycles. The predicted octanol–water partition coefficient (Wildman–Crippen LogP) is 2.27. The van der Waals surface area contributed by atoms with Gasteiger partial charge in [0.05, 0.1) is 38.4 Å². The Bertz CT molecular complexity index is 962. The summed E-state index contributed by atoms with van der Waals surface area (Å²) in [5, 5.41) is 0. The first-order chi connectivity index (χ1) is 15.4. The Morgan fingerprint density at radius 3 is 2.66 bits per heavy atom. The molecule has 170 valence electrons. The highest BCUT2D eigenvalue weighted by molar-refractivity contribution is 6.13. The fraction of sp³-hybridized carbons (Fsp3) is 0.500. The third-order valence-corrected chi connectivity index (χ3v) is 6.36. The number of aliphatic imine (C=N–C) groups is 1. The SMILES string of the molecule is CN(CC1=NC2=C(COCC2)C(=O)C1)C(=O)CN1CCC(C(=O)c2ccc(F)cc2)CC1. The molecule has 4 rings (SSSR count). The number of likely N-dealkylation sites (tertiary alicyclic amines) is 1. The summed E-state index contributed by atoms with van der Waals surface area (Å²) in [5.74, 6) is -0.412. The summed E-state index contributed by atoms with van der Waals surface area (Å²) in [6.45, 7) is 2.83. The number of carbonyl (C=O) groups excluding carboxylic acids is 3. The van der Waals surface area contributed by atoms with Gasteiger partial charge in [-0.05, 0) is 50.2 Å². The highest BCUT2D eigenvalue weighted by Gasteiger charge is 2.29. The summed E-state index contributed by atoms with van der Waals surface area (Å²) in [7, 11) is 1.73. The molecule has 0 spiro atoms. The lowest BCUT2D eigenvalue weighted by Gasteiger charge is -2.32. The number of nitrogens with zero attached hydrogens (tertiary/aromatic N) is 3. The number of amides is 1. The minimum absolute atomic E-state index is 0.0322. The van der Waals surface area contributed by atoms with Crippen LogP contribution in [0.1, 0.15) is 36.0 Å². The summed E-state index contributed by atoms with van der Waals surface area (Å²) >= 11 is 0. The molecule has 0 aliphatic carbocycles. The van der Waals surface area contributed by atoms with Gasteiger partial charge in [0.15, 0.2) is 11.6 Å². The second kappa shape index (κ2) is 9.83. The number of rotatable bonds is 6. The van der Waals surface area contributed by atoms with Crippen LogP contribution in [0.15, 0.2) is 40.5 Å². The maximum absolute atomic E-state index is 13.1. The van der Waals surface area contributed by atoms with Crippen molar-refractivity contribution in [3.8, 4) is 0 Å². The zero-order valence-corrected chi connectivity index (χ0v) is 18.3. The molecule has 0 aromatic heterocycles. The molecule has 7 nitrogen and oxygen atoms in total. The molecule has 0 N–H and O–H groups in total. The molecule has 0 radical (unpaired) electrons. The van der Waals surface area contributed by atoms with Crippen molar-refractivity contribution in [3.63, 3.8) is 0 Å². The van der Waals surface area contributed by atoms with Crippen molar-refractivity contribution in [2.24, 2.45) is 10.9 Å². The average Bonchev–Trinajstić information content (AvgIpc) is 2.79. The van der Waals surface area contributed by atoms with Crippen LogP contribution in [-0.4, -0.2) is 79.4 Å². The van der Waals surface area contributed by atoms with Gasteiger partial charge in [-0.1, -0.05) is 0 Å². The number of likely N-dealkylation sites (N-methyl/N-ethyl adjacent to an activating group) is 1. The standard InChI is InChI=1S/C24H28FN3O4/c1-27(13-19-12-22(29)20-15-32-11-8-21(20)26-19)23(30)14-28-9-6-17(7-10-28)24(31)16-2-4-18(25)5-3-16/h2-5,17H,6-15H2,1H3. The van der Waals surface area contributed by atoms with Gasteiger partial charge in [-0.3, -0.25) is 24.3 Å². The first kappa shape index (κ1) is 22.5. The summed E-state index contributed by atoms with van der Waals surface area (Å²) in [5.41, 5.74) is 2.73. The van der Waals surface area contributed by atoms with Crippen LogP contribution in [0, 0.1) is 11.7 Å². The van der Waals surface area contributed by atoms with Crippen LogP contribution in [0.5, 0.6) is 0 Å². The zero-order chi connectivity index (χ0) is 22.7.